The van der Waals surface area contributed by atoms with Gasteiger partial charge in [-0.25, -0.2) is 0 Å². The number of nitriles is 1. The summed E-state index contributed by atoms with van der Waals surface area (Å²) < 4.78 is 0. The lowest BCUT2D eigenvalue weighted by molar-refractivity contribution is 0.182. The standard InChI is InChI=1S/C17H33N3/c1-4-11-19-16(14-18)10-13-20(12-9-15(2)3)17-7-5-6-8-17/h15-17,19H,4-13H2,1-3H3. The molecule has 0 heterocycles. The Labute approximate surface area is 125 Å². The van der Waals surface area contributed by atoms with Crippen LogP contribution in [0.4, 0.5) is 0 Å². The van der Waals surface area contributed by atoms with Crippen LogP contribution in [0.1, 0.15) is 65.7 Å². The minimum atomic E-state index is 0.0258. The van der Waals surface area contributed by atoms with Crippen LogP contribution in [-0.2, 0) is 0 Å². The van der Waals surface area contributed by atoms with Gasteiger partial charge in [-0.05, 0) is 51.1 Å². The Balaban J connectivity index is 2.40. The van der Waals surface area contributed by atoms with Crippen molar-refractivity contribution in [2.45, 2.75) is 77.8 Å². The number of rotatable bonds is 10. The summed E-state index contributed by atoms with van der Waals surface area (Å²) in [7, 11) is 0. The molecule has 0 aromatic carbocycles. The zero-order chi connectivity index (χ0) is 14.8. The zero-order valence-electron chi connectivity index (χ0n) is 13.7. The molecule has 0 radical (unpaired) electrons. The fraction of sp³-hybridized carbons (Fsp3) is 0.941. The fourth-order valence-electron chi connectivity index (χ4n) is 3.00. The van der Waals surface area contributed by atoms with Crippen molar-refractivity contribution < 1.29 is 0 Å². The summed E-state index contributed by atoms with van der Waals surface area (Å²) in [5, 5.41) is 12.6. The molecule has 1 N–H and O–H groups in total. The van der Waals surface area contributed by atoms with Crippen LogP contribution in [0.25, 0.3) is 0 Å². The second kappa shape index (κ2) is 10.2. The Kier molecular flexibility index (Phi) is 8.89. The third-order valence-electron chi connectivity index (χ3n) is 4.34. The average molecular weight is 279 g/mol. The van der Waals surface area contributed by atoms with E-state index >= 15 is 0 Å². The van der Waals surface area contributed by atoms with Gasteiger partial charge in [-0.3, -0.25) is 0 Å². The van der Waals surface area contributed by atoms with Crippen molar-refractivity contribution in [2.75, 3.05) is 19.6 Å². The summed E-state index contributed by atoms with van der Waals surface area (Å²) in [6.45, 7) is 9.98. The molecular weight excluding hydrogens is 246 g/mol. The van der Waals surface area contributed by atoms with Crippen molar-refractivity contribution in [2.24, 2.45) is 5.92 Å². The van der Waals surface area contributed by atoms with Crippen LogP contribution >= 0.6 is 0 Å². The van der Waals surface area contributed by atoms with E-state index in [4.69, 9.17) is 0 Å². The third-order valence-corrected chi connectivity index (χ3v) is 4.34. The lowest BCUT2D eigenvalue weighted by atomic mass is 10.1. The predicted molar refractivity (Wildman–Crippen MR) is 85.6 cm³/mol. The first kappa shape index (κ1) is 17.5. The Hall–Kier alpha value is -0.590. The highest BCUT2D eigenvalue weighted by atomic mass is 15.2. The monoisotopic (exact) mass is 279 g/mol. The molecule has 1 unspecified atom stereocenters. The van der Waals surface area contributed by atoms with Crippen LogP contribution in [0.15, 0.2) is 0 Å². The molecule has 0 amide bonds. The van der Waals surface area contributed by atoms with Gasteiger partial charge in [0.15, 0.2) is 0 Å². The van der Waals surface area contributed by atoms with Gasteiger partial charge in [0.05, 0.1) is 12.1 Å². The van der Waals surface area contributed by atoms with E-state index in [1.165, 1.54) is 38.6 Å². The fourth-order valence-corrected chi connectivity index (χ4v) is 3.00. The molecular formula is C17H33N3. The second-order valence-electron chi connectivity index (χ2n) is 6.58. The van der Waals surface area contributed by atoms with Gasteiger partial charge in [-0.1, -0.05) is 33.6 Å². The maximum absolute atomic E-state index is 9.22. The summed E-state index contributed by atoms with van der Waals surface area (Å²) in [5.41, 5.74) is 0. The number of hydrogen-bond donors (Lipinski definition) is 1. The molecule has 3 nitrogen and oxygen atoms in total. The van der Waals surface area contributed by atoms with Gasteiger partial charge >= 0.3 is 0 Å². The zero-order valence-corrected chi connectivity index (χ0v) is 13.7. The molecule has 1 aliphatic carbocycles. The van der Waals surface area contributed by atoms with Crippen LogP contribution < -0.4 is 5.32 Å². The molecule has 0 aliphatic heterocycles. The van der Waals surface area contributed by atoms with Crippen molar-refractivity contribution >= 4 is 0 Å². The number of hydrogen-bond acceptors (Lipinski definition) is 3. The highest BCUT2D eigenvalue weighted by molar-refractivity contribution is 4.91. The Morgan fingerprint density at radius 3 is 2.40 bits per heavy atom. The largest absolute Gasteiger partial charge is 0.302 e. The van der Waals surface area contributed by atoms with Crippen LogP contribution in [-0.4, -0.2) is 36.6 Å². The SMILES string of the molecule is CCCNC(C#N)CCN(CCC(C)C)C1CCCC1. The van der Waals surface area contributed by atoms with Gasteiger partial charge in [0.1, 0.15) is 0 Å². The van der Waals surface area contributed by atoms with E-state index in [9.17, 15) is 5.26 Å². The molecule has 1 rings (SSSR count). The first-order valence-electron chi connectivity index (χ1n) is 8.54. The van der Waals surface area contributed by atoms with Crippen molar-refractivity contribution in [3.63, 3.8) is 0 Å². The second-order valence-corrected chi connectivity index (χ2v) is 6.58. The smallest absolute Gasteiger partial charge is 0.0965 e. The molecule has 3 heteroatoms. The van der Waals surface area contributed by atoms with E-state index in [2.05, 4.69) is 37.1 Å². The maximum Gasteiger partial charge on any atom is 0.0965 e. The van der Waals surface area contributed by atoms with E-state index < -0.39 is 0 Å². The average Bonchev–Trinajstić information content (AvgIpc) is 2.95. The minimum absolute atomic E-state index is 0.0258. The topological polar surface area (TPSA) is 39.1 Å². The van der Waals surface area contributed by atoms with Crippen molar-refractivity contribution in [1.29, 1.82) is 5.26 Å². The van der Waals surface area contributed by atoms with E-state index in [1.807, 2.05) is 0 Å². The molecule has 1 fully saturated rings. The summed E-state index contributed by atoms with van der Waals surface area (Å²) in [4.78, 5) is 2.66. The maximum atomic E-state index is 9.22. The summed E-state index contributed by atoms with van der Waals surface area (Å²) in [5.74, 6) is 0.767. The van der Waals surface area contributed by atoms with Gasteiger partial charge in [0.2, 0.25) is 0 Å². The molecule has 1 aliphatic rings. The number of nitrogens with zero attached hydrogens (tertiary/aromatic N) is 2. The molecule has 0 saturated heterocycles. The number of nitrogens with one attached hydrogen (secondary N) is 1. The van der Waals surface area contributed by atoms with Gasteiger partial charge in [-0.2, -0.15) is 5.26 Å². The normalized spacial score (nSPS) is 17.8. The van der Waals surface area contributed by atoms with Gasteiger partial charge in [0.25, 0.3) is 0 Å². The van der Waals surface area contributed by atoms with E-state index in [-0.39, 0.29) is 6.04 Å². The van der Waals surface area contributed by atoms with Gasteiger partial charge in [0, 0.05) is 12.6 Å². The molecule has 0 aromatic heterocycles. The van der Waals surface area contributed by atoms with Crippen molar-refractivity contribution in [3.8, 4) is 6.07 Å². The molecule has 1 saturated carbocycles. The molecule has 116 valence electrons. The molecule has 0 bridgehead atoms. The predicted octanol–water partition coefficient (Wildman–Crippen LogP) is 3.56. The van der Waals surface area contributed by atoms with E-state index in [0.29, 0.717) is 0 Å². The van der Waals surface area contributed by atoms with Crippen LogP contribution in [0.5, 0.6) is 0 Å². The summed E-state index contributed by atoms with van der Waals surface area (Å²) in [6, 6.07) is 3.21. The summed E-state index contributed by atoms with van der Waals surface area (Å²) >= 11 is 0. The third kappa shape index (κ3) is 6.72. The van der Waals surface area contributed by atoms with Crippen LogP contribution in [0.2, 0.25) is 0 Å². The Morgan fingerprint density at radius 2 is 1.85 bits per heavy atom. The van der Waals surface area contributed by atoms with E-state index in [1.54, 1.807) is 0 Å². The van der Waals surface area contributed by atoms with Gasteiger partial charge in [-0.15, -0.1) is 0 Å². The summed E-state index contributed by atoms with van der Waals surface area (Å²) in [6.07, 6.45) is 8.83. The molecule has 1 atom stereocenters. The van der Waals surface area contributed by atoms with Gasteiger partial charge < -0.3 is 10.2 Å². The lowest BCUT2D eigenvalue weighted by Gasteiger charge is -2.30. The van der Waals surface area contributed by atoms with Crippen LogP contribution in [0.3, 0.4) is 0 Å². The first-order valence-corrected chi connectivity index (χ1v) is 8.54. The minimum Gasteiger partial charge on any atom is -0.302 e. The highest BCUT2D eigenvalue weighted by Gasteiger charge is 2.23. The van der Waals surface area contributed by atoms with Crippen molar-refractivity contribution in [1.82, 2.24) is 10.2 Å². The molecule has 0 aromatic rings. The molecule has 0 spiro atoms. The Bertz CT molecular complexity index is 276. The quantitative estimate of drug-likeness (QED) is 0.664. The highest BCUT2D eigenvalue weighted by Crippen LogP contribution is 2.24. The first-order chi connectivity index (χ1) is 9.67. The van der Waals surface area contributed by atoms with E-state index in [0.717, 1.165) is 37.9 Å². The van der Waals surface area contributed by atoms with Crippen LogP contribution in [0, 0.1) is 17.2 Å². The lowest BCUT2D eigenvalue weighted by Crippen LogP contribution is -2.39. The molecule has 20 heavy (non-hydrogen) atoms. The van der Waals surface area contributed by atoms with Crippen molar-refractivity contribution in [3.05, 3.63) is 0 Å². The Morgan fingerprint density at radius 1 is 1.20 bits per heavy atom.